The highest BCUT2D eigenvalue weighted by Crippen LogP contribution is 2.21. The number of nitrogens with two attached hydrogens (primary N) is 1. The molecule has 0 spiro atoms. The summed E-state index contributed by atoms with van der Waals surface area (Å²) in [5, 5.41) is 18.5. The quantitative estimate of drug-likeness (QED) is 0.613. The van der Waals surface area contributed by atoms with Crippen molar-refractivity contribution in [1.82, 2.24) is 4.90 Å². The highest BCUT2D eigenvalue weighted by Gasteiger charge is 2.42. The van der Waals surface area contributed by atoms with Gasteiger partial charge in [-0.05, 0) is 12.3 Å². The minimum absolute atomic E-state index is 0.00492. The Kier molecular flexibility index (Phi) is 4.47. The van der Waals surface area contributed by atoms with E-state index in [0.29, 0.717) is 0 Å². The average molecular weight is 244 g/mol. The van der Waals surface area contributed by atoms with Crippen LogP contribution in [0.3, 0.4) is 0 Å². The van der Waals surface area contributed by atoms with Gasteiger partial charge in [-0.2, -0.15) is 0 Å². The van der Waals surface area contributed by atoms with Crippen molar-refractivity contribution in [2.24, 2.45) is 11.7 Å². The van der Waals surface area contributed by atoms with E-state index >= 15 is 0 Å². The maximum Gasteiger partial charge on any atom is 0.329 e. The summed E-state index contributed by atoms with van der Waals surface area (Å²) in [4.78, 5) is 24.2. The molecule has 1 unspecified atom stereocenters. The van der Waals surface area contributed by atoms with Gasteiger partial charge in [-0.25, -0.2) is 4.79 Å². The molecule has 0 aromatic heterocycles. The first kappa shape index (κ1) is 13.9. The Morgan fingerprint density at radius 1 is 1.53 bits per heavy atom. The molecule has 1 aliphatic rings. The average Bonchev–Trinajstić information content (AvgIpc) is 2.68. The van der Waals surface area contributed by atoms with Crippen molar-refractivity contribution in [1.29, 1.82) is 0 Å². The number of aliphatic carboxylic acids is 1. The predicted molar refractivity (Wildman–Crippen MR) is 61.2 cm³/mol. The fraction of sp³-hybridized carbons (Fsp3) is 0.818. The third-order valence-electron chi connectivity index (χ3n) is 3.44. The Bertz CT molecular complexity index is 308. The highest BCUT2D eigenvalue weighted by molar-refractivity contribution is 5.88. The van der Waals surface area contributed by atoms with Gasteiger partial charge in [0.05, 0.1) is 12.1 Å². The Morgan fingerprint density at radius 2 is 2.12 bits per heavy atom. The molecule has 1 aliphatic heterocycles. The van der Waals surface area contributed by atoms with Gasteiger partial charge >= 0.3 is 5.97 Å². The molecule has 0 saturated carbocycles. The molecule has 4 N–H and O–H groups in total. The Labute approximate surface area is 100 Å². The number of likely N-dealkylation sites (tertiary alicyclic amines) is 1. The van der Waals surface area contributed by atoms with E-state index in [9.17, 15) is 14.7 Å². The standard InChI is InChI=1S/C11H20N2O4/c1-3-6(2)8(12)10(15)13-5-4-7(14)9(13)11(16)17/h6-9,14H,3-5,12H2,1-2H3,(H,16,17)/t6-,7?,8-,9-/m0/s1. The molecule has 1 rings (SSSR count). The van der Waals surface area contributed by atoms with Crippen LogP contribution in [0.2, 0.25) is 0 Å². The summed E-state index contributed by atoms with van der Waals surface area (Å²) in [6, 6.07) is -1.86. The number of hydrogen-bond donors (Lipinski definition) is 3. The summed E-state index contributed by atoms with van der Waals surface area (Å²) in [5.74, 6) is -1.57. The first-order chi connectivity index (χ1) is 7.90. The summed E-state index contributed by atoms with van der Waals surface area (Å²) in [6.45, 7) is 4.03. The molecule has 0 aromatic carbocycles. The van der Waals surface area contributed by atoms with Crippen LogP contribution >= 0.6 is 0 Å². The maximum absolute atomic E-state index is 12.0. The highest BCUT2D eigenvalue weighted by atomic mass is 16.4. The molecule has 0 bridgehead atoms. The summed E-state index contributed by atoms with van der Waals surface area (Å²) in [6.07, 6.45) is 0.0392. The Hall–Kier alpha value is -1.14. The van der Waals surface area contributed by atoms with E-state index in [1.54, 1.807) is 0 Å². The second-order valence-corrected chi connectivity index (χ2v) is 4.58. The third-order valence-corrected chi connectivity index (χ3v) is 3.44. The SMILES string of the molecule is CC[C@H](C)[C@H](N)C(=O)N1CCC(O)[C@H]1C(=O)O. The van der Waals surface area contributed by atoms with Gasteiger partial charge in [0, 0.05) is 6.54 Å². The molecule has 1 heterocycles. The number of nitrogens with zero attached hydrogens (tertiary/aromatic N) is 1. The van der Waals surface area contributed by atoms with Gasteiger partial charge < -0.3 is 20.8 Å². The number of carboxylic acids is 1. The lowest BCUT2D eigenvalue weighted by molar-refractivity contribution is -0.152. The fourth-order valence-electron chi connectivity index (χ4n) is 2.01. The summed E-state index contributed by atoms with van der Waals surface area (Å²) < 4.78 is 0. The van der Waals surface area contributed by atoms with Crippen LogP contribution in [0.15, 0.2) is 0 Å². The topological polar surface area (TPSA) is 104 Å². The molecule has 1 saturated heterocycles. The summed E-state index contributed by atoms with van der Waals surface area (Å²) >= 11 is 0. The molecule has 6 heteroatoms. The van der Waals surface area contributed by atoms with Crippen molar-refractivity contribution >= 4 is 11.9 Å². The van der Waals surface area contributed by atoms with Crippen LogP contribution < -0.4 is 5.73 Å². The minimum Gasteiger partial charge on any atom is -0.480 e. The van der Waals surface area contributed by atoms with E-state index in [2.05, 4.69) is 0 Å². The zero-order valence-electron chi connectivity index (χ0n) is 10.2. The number of aliphatic hydroxyl groups is 1. The van der Waals surface area contributed by atoms with Crippen molar-refractivity contribution in [3.8, 4) is 0 Å². The monoisotopic (exact) mass is 244 g/mol. The molecule has 6 nitrogen and oxygen atoms in total. The van der Waals surface area contributed by atoms with Gasteiger partial charge in [-0.15, -0.1) is 0 Å². The van der Waals surface area contributed by atoms with E-state index in [4.69, 9.17) is 10.8 Å². The smallest absolute Gasteiger partial charge is 0.329 e. The Balaban J connectivity index is 2.78. The number of aliphatic hydroxyl groups excluding tert-OH is 1. The van der Waals surface area contributed by atoms with Crippen LogP contribution in [0.4, 0.5) is 0 Å². The van der Waals surface area contributed by atoms with Crippen LogP contribution in [0.5, 0.6) is 0 Å². The summed E-state index contributed by atoms with van der Waals surface area (Å²) in [7, 11) is 0. The molecule has 1 amide bonds. The lowest BCUT2D eigenvalue weighted by Gasteiger charge is -2.27. The van der Waals surface area contributed by atoms with Crippen molar-refractivity contribution in [2.75, 3.05) is 6.54 Å². The lowest BCUT2D eigenvalue weighted by atomic mass is 9.98. The number of amides is 1. The molecular weight excluding hydrogens is 224 g/mol. The molecule has 0 radical (unpaired) electrons. The van der Waals surface area contributed by atoms with Gasteiger partial charge in [0.1, 0.15) is 0 Å². The zero-order valence-corrected chi connectivity index (χ0v) is 10.2. The van der Waals surface area contributed by atoms with Crippen LogP contribution in [-0.4, -0.2) is 51.7 Å². The van der Waals surface area contributed by atoms with Gasteiger partial charge in [-0.1, -0.05) is 20.3 Å². The van der Waals surface area contributed by atoms with Crippen molar-refractivity contribution in [3.63, 3.8) is 0 Å². The molecule has 4 atom stereocenters. The van der Waals surface area contributed by atoms with E-state index in [1.165, 1.54) is 4.90 Å². The number of carbonyl (C=O) groups excluding carboxylic acids is 1. The molecular formula is C11H20N2O4. The number of carbonyl (C=O) groups is 2. The zero-order chi connectivity index (χ0) is 13.2. The van der Waals surface area contributed by atoms with Crippen LogP contribution in [0.25, 0.3) is 0 Å². The van der Waals surface area contributed by atoms with Gasteiger partial charge in [0.25, 0.3) is 0 Å². The lowest BCUT2D eigenvalue weighted by Crippen LogP contribution is -2.52. The second kappa shape index (κ2) is 5.46. The molecule has 17 heavy (non-hydrogen) atoms. The number of hydrogen-bond acceptors (Lipinski definition) is 4. The van der Waals surface area contributed by atoms with E-state index in [0.717, 1.165) is 6.42 Å². The van der Waals surface area contributed by atoms with Crippen LogP contribution in [0.1, 0.15) is 26.7 Å². The second-order valence-electron chi connectivity index (χ2n) is 4.58. The van der Waals surface area contributed by atoms with Gasteiger partial charge in [0.15, 0.2) is 6.04 Å². The minimum atomic E-state index is -1.18. The first-order valence-corrected chi connectivity index (χ1v) is 5.87. The fourth-order valence-corrected chi connectivity index (χ4v) is 2.01. The largest absolute Gasteiger partial charge is 0.480 e. The Morgan fingerprint density at radius 3 is 2.59 bits per heavy atom. The van der Waals surface area contributed by atoms with Crippen molar-refractivity contribution < 1.29 is 19.8 Å². The molecule has 1 fully saturated rings. The van der Waals surface area contributed by atoms with Crippen LogP contribution in [0, 0.1) is 5.92 Å². The molecule has 0 aromatic rings. The first-order valence-electron chi connectivity index (χ1n) is 5.87. The van der Waals surface area contributed by atoms with E-state index < -0.39 is 24.2 Å². The predicted octanol–water partition coefficient (Wildman–Crippen LogP) is -0.594. The maximum atomic E-state index is 12.0. The van der Waals surface area contributed by atoms with E-state index in [-0.39, 0.29) is 24.8 Å². The van der Waals surface area contributed by atoms with Gasteiger partial charge in [-0.3, -0.25) is 4.79 Å². The molecule has 98 valence electrons. The van der Waals surface area contributed by atoms with Gasteiger partial charge in [0.2, 0.25) is 5.91 Å². The van der Waals surface area contributed by atoms with E-state index in [1.807, 2.05) is 13.8 Å². The number of carboxylic acid groups (broad SMARTS) is 1. The molecule has 0 aliphatic carbocycles. The third kappa shape index (κ3) is 2.76. The van der Waals surface area contributed by atoms with Crippen molar-refractivity contribution in [3.05, 3.63) is 0 Å². The number of rotatable bonds is 4. The van der Waals surface area contributed by atoms with Crippen LogP contribution in [-0.2, 0) is 9.59 Å². The van der Waals surface area contributed by atoms with Crippen molar-refractivity contribution in [2.45, 2.75) is 44.9 Å². The summed E-state index contributed by atoms with van der Waals surface area (Å²) in [5.41, 5.74) is 5.79. The normalized spacial score (nSPS) is 27.9.